The topological polar surface area (TPSA) is 83.9 Å². The van der Waals surface area contributed by atoms with E-state index in [1.807, 2.05) is 0 Å². The SMILES string of the molecule is C#CCN1C(=O)SC(=Cc2cc(Cl)c(OCC(=O)O)c(Cl)c2)C1=O. The van der Waals surface area contributed by atoms with Crippen molar-refractivity contribution in [3.8, 4) is 18.1 Å². The molecule has 0 radical (unpaired) electrons. The molecule has 1 aromatic rings. The van der Waals surface area contributed by atoms with Crippen LogP contribution in [-0.2, 0) is 9.59 Å². The first-order chi connectivity index (χ1) is 11.3. The molecule has 24 heavy (non-hydrogen) atoms. The molecule has 0 aliphatic carbocycles. The van der Waals surface area contributed by atoms with Crippen LogP contribution in [0.2, 0.25) is 10.0 Å². The Morgan fingerprint density at radius 2 is 2.00 bits per heavy atom. The molecule has 0 bridgehead atoms. The quantitative estimate of drug-likeness (QED) is 0.619. The number of thioether (sulfide) groups is 1. The van der Waals surface area contributed by atoms with Crippen molar-refractivity contribution in [2.45, 2.75) is 0 Å². The molecule has 0 unspecified atom stereocenters. The van der Waals surface area contributed by atoms with Crippen LogP contribution in [0.15, 0.2) is 17.0 Å². The van der Waals surface area contributed by atoms with E-state index in [-0.39, 0.29) is 27.2 Å². The highest BCUT2D eigenvalue weighted by Gasteiger charge is 2.34. The van der Waals surface area contributed by atoms with Crippen LogP contribution in [0.1, 0.15) is 5.56 Å². The first-order valence-corrected chi connectivity index (χ1v) is 7.93. The Morgan fingerprint density at radius 1 is 1.38 bits per heavy atom. The molecule has 0 aromatic heterocycles. The van der Waals surface area contributed by atoms with Gasteiger partial charge in [0, 0.05) is 0 Å². The summed E-state index contributed by atoms with van der Waals surface area (Å²) in [7, 11) is 0. The number of aliphatic carboxylic acids is 1. The predicted molar refractivity (Wildman–Crippen MR) is 91.1 cm³/mol. The Bertz CT molecular complexity index is 777. The molecule has 1 N–H and O–H groups in total. The third-order valence-electron chi connectivity index (χ3n) is 2.78. The average Bonchev–Trinajstić information content (AvgIpc) is 2.74. The lowest BCUT2D eigenvalue weighted by molar-refractivity contribution is -0.139. The van der Waals surface area contributed by atoms with Crippen LogP contribution >= 0.6 is 35.0 Å². The first kappa shape index (κ1) is 18.2. The second-order valence-electron chi connectivity index (χ2n) is 4.47. The number of ether oxygens (including phenoxy) is 1. The van der Waals surface area contributed by atoms with Crippen molar-refractivity contribution in [3.63, 3.8) is 0 Å². The van der Waals surface area contributed by atoms with E-state index >= 15 is 0 Å². The van der Waals surface area contributed by atoms with Crippen LogP contribution in [0.4, 0.5) is 4.79 Å². The number of carboxylic acids is 1. The number of imide groups is 1. The number of rotatable bonds is 5. The van der Waals surface area contributed by atoms with E-state index in [0.29, 0.717) is 5.56 Å². The number of carboxylic acid groups (broad SMARTS) is 1. The van der Waals surface area contributed by atoms with Crippen LogP contribution in [0, 0.1) is 12.3 Å². The molecule has 1 aliphatic rings. The normalized spacial score (nSPS) is 15.7. The van der Waals surface area contributed by atoms with Crippen molar-refractivity contribution in [1.29, 1.82) is 0 Å². The zero-order valence-corrected chi connectivity index (χ0v) is 14.2. The molecule has 2 rings (SSSR count). The van der Waals surface area contributed by atoms with Gasteiger partial charge in [-0.25, -0.2) is 4.79 Å². The second kappa shape index (κ2) is 7.62. The number of hydrogen-bond donors (Lipinski definition) is 1. The van der Waals surface area contributed by atoms with Crippen LogP contribution in [0.25, 0.3) is 6.08 Å². The molecule has 124 valence electrons. The van der Waals surface area contributed by atoms with Gasteiger partial charge < -0.3 is 9.84 Å². The van der Waals surface area contributed by atoms with Crippen molar-refractivity contribution in [2.75, 3.05) is 13.2 Å². The van der Waals surface area contributed by atoms with Gasteiger partial charge in [0.1, 0.15) is 0 Å². The van der Waals surface area contributed by atoms with Crippen molar-refractivity contribution in [3.05, 3.63) is 32.6 Å². The molecule has 1 saturated heterocycles. The molecule has 2 amide bonds. The van der Waals surface area contributed by atoms with E-state index < -0.39 is 23.7 Å². The summed E-state index contributed by atoms with van der Waals surface area (Å²) in [6.07, 6.45) is 6.57. The molecule has 1 aromatic carbocycles. The van der Waals surface area contributed by atoms with Gasteiger partial charge in [-0.15, -0.1) is 6.42 Å². The number of carbonyl (C=O) groups excluding carboxylic acids is 2. The number of halogens is 2. The minimum atomic E-state index is -1.17. The van der Waals surface area contributed by atoms with Crippen LogP contribution in [0.3, 0.4) is 0 Å². The zero-order chi connectivity index (χ0) is 17.9. The highest BCUT2D eigenvalue weighted by molar-refractivity contribution is 8.18. The summed E-state index contributed by atoms with van der Waals surface area (Å²) < 4.78 is 5.00. The fraction of sp³-hybridized carbons (Fsp3) is 0.133. The average molecular weight is 386 g/mol. The van der Waals surface area contributed by atoms with Gasteiger partial charge in [0.05, 0.1) is 21.5 Å². The molecular weight excluding hydrogens is 377 g/mol. The van der Waals surface area contributed by atoms with Gasteiger partial charge in [-0.05, 0) is 35.5 Å². The van der Waals surface area contributed by atoms with Crippen LogP contribution < -0.4 is 4.74 Å². The Hall–Kier alpha value is -2.14. The van der Waals surface area contributed by atoms with Gasteiger partial charge >= 0.3 is 5.97 Å². The Morgan fingerprint density at radius 3 is 2.54 bits per heavy atom. The predicted octanol–water partition coefficient (Wildman–Crippen LogP) is 3.13. The third-order valence-corrected chi connectivity index (χ3v) is 4.25. The number of terminal acetylenes is 1. The largest absolute Gasteiger partial charge is 0.479 e. The number of carbonyl (C=O) groups is 3. The molecule has 9 heteroatoms. The van der Waals surface area contributed by atoms with E-state index in [2.05, 4.69) is 5.92 Å². The summed E-state index contributed by atoms with van der Waals surface area (Å²) in [4.78, 5) is 35.5. The molecule has 6 nitrogen and oxygen atoms in total. The minimum Gasteiger partial charge on any atom is -0.479 e. The molecular formula is C15H9Cl2NO5S. The highest BCUT2D eigenvalue weighted by atomic mass is 35.5. The number of amides is 2. The van der Waals surface area contributed by atoms with Gasteiger partial charge in [-0.3, -0.25) is 14.5 Å². The monoisotopic (exact) mass is 385 g/mol. The summed E-state index contributed by atoms with van der Waals surface area (Å²) >= 11 is 12.8. The van der Waals surface area contributed by atoms with Crippen LogP contribution in [0.5, 0.6) is 5.75 Å². The van der Waals surface area contributed by atoms with Gasteiger partial charge in [0.15, 0.2) is 12.4 Å². The molecule has 1 aliphatic heterocycles. The first-order valence-electron chi connectivity index (χ1n) is 6.36. The van der Waals surface area contributed by atoms with E-state index in [1.54, 1.807) is 0 Å². The summed E-state index contributed by atoms with van der Waals surface area (Å²) in [5, 5.41) is 8.32. The molecule has 1 heterocycles. The maximum Gasteiger partial charge on any atom is 0.341 e. The van der Waals surface area contributed by atoms with E-state index in [1.165, 1.54) is 18.2 Å². The molecule has 0 atom stereocenters. The maximum atomic E-state index is 12.1. The van der Waals surface area contributed by atoms with Crippen LogP contribution in [-0.4, -0.2) is 40.3 Å². The highest BCUT2D eigenvalue weighted by Crippen LogP contribution is 2.37. The molecule has 0 spiro atoms. The van der Waals surface area contributed by atoms with E-state index in [0.717, 1.165) is 16.7 Å². The van der Waals surface area contributed by atoms with Crippen molar-refractivity contribution >= 4 is 58.2 Å². The van der Waals surface area contributed by atoms with Crippen molar-refractivity contribution in [1.82, 2.24) is 4.90 Å². The summed E-state index contributed by atoms with van der Waals surface area (Å²) in [6.45, 7) is -0.699. The third kappa shape index (κ3) is 4.03. The Balaban J connectivity index is 2.28. The van der Waals surface area contributed by atoms with Crippen molar-refractivity contribution in [2.24, 2.45) is 0 Å². The summed E-state index contributed by atoms with van der Waals surface area (Å²) in [5.74, 6) is 0.595. The van der Waals surface area contributed by atoms with Gasteiger partial charge in [0.25, 0.3) is 11.1 Å². The lowest BCUT2D eigenvalue weighted by Crippen LogP contribution is -2.28. The smallest absolute Gasteiger partial charge is 0.341 e. The Kier molecular flexibility index (Phi) is 5.78. The number of hydrogen-bond acceptors (Lipinski definition) is 5. The standard InChI is InChI=1S/C15H9Cl2NO5S/c1-2-3-18-14(21)11(24-15(18)22)6-8-4-9(16)13(10(17)5-8)23-7-12(19)20/h1,4-6H,3,7H2,(H,19,20). The van der Waals surface area contributed by atoms with Gasteiger partial charge in [-0.2, -0.15) is 0 Å². The molecule has 1 fully saturated rings. The fourth-order valence-corrected chi connectivity index (χ4v) is 3.26. The lowest BCUT2D eigenvalue weighted by atomic mass is 10.2. The summed E-state index contributed by atoms with van der Waals surface area (Å²) in [6, 6.07) is 2.89. The molecule has 0 saturated carbocycles. The van der Waals surface area contributed by atoms with Gasteiger partial charge in [0.2, 0.25) is 0 Å². The van der Waals surface area contributed by atoms with E-state index in [4.69, 9.17) is 39.5 Å². The Labute approximate surface area is 151 Å². The van der Waals surface area contributed by atoms with Gasteiger partial charge in [-0.1, -0.05) is 29.1 Å². The van der Waals surface area contributed by atoms with Crippen molar-refractivity contribution < 1.29 is 24.2 Å². The minimum absolute atomic E-state index is 0.0262. The number of nitrogens with zero attached hydrogens (tertiary/aromatic N) is 1. The lowest BCUT2D eigenvalue weighted by Gasteiger charge is -2.09. The zero-order valence-electron chi connectivity index (χ0n) is 11.9. The summed E-state index contributed by atoms with van der Waals surface area (Å²) in [5.41, 5.74) is 0.457. The number of benzene rings is 1. The maximum absolute atomic E-state index is 12.1. The second-order valence-corrected chi connectivity index (χ2v) is 6.28. The van der Waals surface area contributed by atoms with E-state index in [9.17, 15) is 14.4 Å². The fourth-order valence-electron chi connectivity index (χ4n) is 1.81.